The molecule has 6 nitrogen and oxygen atoms in total. The van der Waals surface area contributed by atoms with Crippen LogP contribution in [0, 0.1) is 12.7 Å². The fourth-order valence-corrected chi connectivity index (χ4v) is 4.74. The first-order valence-corrected chi connectivity index (χ1v) is 8.57. The van der Waals surface area contributed by atoms with Gasteiger partial charge in [-0.05, 0) is 43.5 Å². The minimum atomic E-state index is -3.71. The molecule has 1 saturated heterocycles. The SMILES string of the molecule is Cc1cc(F)ccc1S(=O)(=O)N1CCCC[C@@H]1c1ncn[nH]1. The van der Waals surface area contributed by atoms with Crippen molar-refractivity contribution in [3.05, 3.63) is 41.7 Å². The van der Waals surface area contributed by atoms with Crippen molar-refractivity contribution in [3.63, 3.8) is 0 Å². The Morgan fingerprint density at radius 1 is 1.36 bits per heavy atom. The maximum absolute atomic E-state index is 13.2. The molecule has 2 heterocycles. The van der Waals surface area contributed by atoms with Gasteiger partial charge >= 0.3 is 0 Å². The Balaban J connectivity index is 2.02. The van der Waals surface area contributed by atoms with Gasteiger partial charge in [-0.25, -0.2) is 17.8 Å². The fraction of sp³-hybridized carbons (Fsp3) is 0.429. The zero-order valence-electron chi connectivity index (χ0n) is 12.2. The maximum Gasteiger partial charge on any atom is 0.244 e. The van der Waals surface area contributed by atoms with Gasteiger partial charge < -0.3 is 0 Å². The number of sulfonamides is 1. The van der Waals surface area contributed by atoms with E-state index in [0.717, 1.165) is 12.8 Å². The van der Waals surface area contributed by atoms with Crippen molar-refractivity contribution in [1.82, 2.24) is 19.5 Å². The monoisotopic (exact) mass is 324 g/mol. The summed E-state index contributed by atoms with van der Waals surface area (Å²) in [4.78, 5) is 4.24. The van der Waals surface area contributed by atoms with Gasteiger partial charge in [0, 0.05) is 6.54 Å². The largest absolute Gasteiger partial charge is 0.262 e. The van der Waals surface area contributed by atoms with E-state index >= 15 is 0 Å². The molecule has 0 aliphatic carbocycles. The molecule has 0 radical (unpaired) electrons. The highest BCUT2D eigenvalue weighted by molar-refractivity contribution is 7.89. The number of aromatic amines is 1. The fourth-order valence-electron chi connectivity index (χ4n) is 2.87. The summed E-state index contributed by atoms with van der Waals surface area (Å²) in [6.07, 6.45) is 3.79. The van der Waals surface area contributed by atoms with E-state index in [9.17, 15) is 12.8 Å². The summed E-state index contributed by atoms with van der Waals surface area (Å²) >= 11 is 0. The van der Waals surface area contributed by atoms with Crippen molar-refractivity contribution in [2.45, 2.75) is 37.1 Å². The predicted molar refractivity (Wildman–Crippen MR) is 78.0 cm³/mol. The number of rotatable bonds is 3. The Kier molecular flexibility index (Phi) is 3.96. The quantitative estimate of drug-likeness (QED) is 0.938. The summed E-state index contributed by atoms with van der Waals surface area (Å²) in [5.74, 6) is 0.102. The molecule has 0 amide bonds. The summed E-state index contributed by atoms with van der Waals surface area (Å²) in [7, 11) is -3.71. The first-order chi connectivity index (χ1) is 10.5. The molecule has 3 rings (SSSR count). The lowest BCUT2D eigenvalue weighted by molar-refractivity contribution is 0.247. The van der Waals surface area contributed by atoms with Crippen molar-refractivity contribution in [3.8, 4) is 0 Å². The molecule has 8 heteroatoms. The number of halogens is 1. The second kappa shape index (κ2) is 5.77. The molecule has 118 valence electrons. The van der Waals surface area contributed by atoms with Gasteiger partial charge in [-0.3, -0.25) is 5.10 Å². The summed E-state index contributed by atoms with van der Waals surface area (Å²) in [6, 6.07) is 3.38. The van der Waals surface area contributed by atoms with Crippen LogP contribution in [0.2, 0.25) is 0 Å². The standard InChI is InChI=1S/C14H17FN4O2S/c1-10-8-11(15)5-6-13(10)22(20,21)19-7-3-2-4-12(19)14-16-9-17-18-14/h5-6,8-9,12H,2-4,7H2,1H3,(H,16,17,18)/t12-/m1/s1. The lowest BCUT2D eigenvalue weighted by atomic mass is 10.0. The molecular formula is C14H17FN4O2S. The molecule has 1 aromatic carbocycles. The van der Waals surface area contributed by atoms with Gasteiger partial charge in [0.15, 0.2) is 0 Å². The Hall–Kier alpha value is -1.80. The minimum Gasteiger partial charge on any atom is -0.262 e. The molecule has 1 N–H and O–H groups in total. The van der Waals surface area contributed by atoms with Crippen LogP contribution in [0.4, 0.5) is 4.39 Å². The first kappa shape index (κ1) is 15.1. The van der Waals surface area contributed by atoms with Crippen LogP contribution in [0.15, 0.2) is 29.4 Å². The zero-order valence-corrected chi connectivity index (χ0v) is 13.0. The normalized spacial score (nSPS) is 20.2. The topological polar surface area (TPSA) is 79.0 Å². The first-order valence-electron chi connectivity index (χ1n) is 7.13. The second-order valence-corrected chi connectivity index (χ2v) is 7.27. The minimum absolute atomic E-state index is 0.139. The molecule has 1 fully saturated rings. The van der Waals surface area contributed by atoms with Crippen molar-refractivity contribution in [1.29, 1.82) is 0 Å². The van der Waals surface area contributed by atoms with Crippen LogP contribution < -0.4 is 0 Å². The average molecular weight is 324 g/mol. The average Bonchev–Trinajstić information content (AvgIpc) is 3.01. The number of nitrogens with zero attached hydrogens (tertiary/aromatic N) is 3. The smallest absolute Gasteiger partial charge is 0.244 e. The van der Waals surface area contributed by atoms with Crippen LogP contribution in [0.25, 0.3) is 0 Å². The number of hydrogen-bond donors (Lipinski definition) is 1. The molecule has 2 aromatic rings. The molecule has 1 aliphatic rings. The van der Waals surface area contributed by atoms with Crippen LogP contribution in [0.3, 0.4) is 0 Å². The lowest BCUT2D eigenvalue weighted by Gasteiger charge is -2.33. The van der Waals surface area contributed by atoms with Gasteiger partial charge in [0.05, 0.1) is 10.9 Å². The Morgan fingerprint density at radius 3 is 2.86 bits per heavy atom. The van der Waals surface area contributed by atoms with Crippen LogP contribution in [0.1, 0.15) is 36.7 Å². The van der Waals surface area contributed by atoms with Crippen molar-refractivity contribution >= 4 is 10.0 Å². The zero-order chi connectivity index (χ0) is 15.7. The van der Waals surface area contributed by atoms with E-state index in [0.29, 0.717) is 24.4 Å². The molecule has 0 spiro atoms. The number of H-pyrrole nitrogens is 1. The third-order valence-corrected chi connectivity index (χ3v) is 5.99. The van der Waals surface area contributed by atoms with Crippen molar-refractivity contribution < 1.29 is 12.8 Å². The van der Waals surface area contributed by atoms with Crippen LogP contribution in [0.5, 0.6) is 0 Å². The lowest BCUT2D eigenvalue weighted by Crippen LogP contribution is -2.39. The van der Waals surface area contributed by atoms with Gasteiger partial charge in [0.2, 0.25) is 10.0 Å². The van der Waals surface area contributed by atoms with Crippen molar-refractivity contribution in [2.24, 2.45) is 0 Å². The second-order valence-electron chi connectivity index (χ2n) is 5.41. The maximum atomic E-state index is 13.2. The number of benzene rings is 1. The van der Waals surface area contributed by atoms with Crippen LogP contribution in [-0.4, -0.2) is 34.4 Å². The molecule has 0 bridgehead atoms. The summed E-state index contributed by atoms with van der Waals surface area (Å²) in [6.45, 7) is 2.02. The van der Waals surface area contributed by atoms with Gasteiger partial charge in [0.25, 0.3) is 0 Å². The highest BCUT2D eigenvalue weighted by Gasteiger charge is 2.36. The molecule has 22 heavy (non-hydrogen) atoms. The van der Waals surface area contributed by atoms with E-state index in [2.05, 4.69) is 15.2 Å². The third-order valence-electron chi connectivity index (χ3n) is 3.93. The van der Waals surface area contributed by atoms with Crippen molar-refractivity contribution in [2.75, 3.05) is 6.54 Å². The highest BCUT2D eigenvalue weighted by Crippen LogP contribution is 2.34. The molecule has 1 aromatic heterocycles. The van der Waals surface area contributed by atoms with Crippen LogP contribution >= 0.6 is 0 Å². The Bertz CT molecular complexity index is 761. The Morgan fingerprint density at radius 2 is 2.18 bits per heavy atom. The van der Waals surface area contributed by atoms with Gasteiger partial charge in [-0.15, -0.1) is 0 Å². The predicted octanol–water partition coefficient (Wildman–Crippen LogP) is 2.17. The molecule has 1 aliphatic heterocycles. The van der Waals surface area contributed by atoms with E-state index in [1.807, 2.05) is 0 Å². The molecule has 0 saturated carbocycles. The number of aryl methyl sites for hydroxylation is 1. The molecular weight excluding hydrogens is 307 g/mol. The Labute approximate surface area is 128 Å². The van der Waals surface area contributed by atoms with E-state index in [1.165, 1.54) is 28.8 Å². The van der Waals surface area contributed by atoms with Gasteiger partial charge in [-0.2, -0.15) is 9.40 Å². The van der Waals surface area contributed by atoms with E-state index in [-0.39, 0.29) is 10.9 Å². The molecule has 1 atom stereocenters. The molecule has 0 unspecified atom stereocenters. The number of nitrogens with one attached hydrogen (secondary N) is 1. The number of piperidine rings is 1. The summed E-state index contributed by atoms with van der Waals surface area (Å²) in [5.41, 5.74) is 0.405. The third kappa shape index (κ3) is 2.64. The van der Waals surface area contributed by atoms with Crippen LogP contribution in [-0.2, 0) is 10.0 Å². The summed E-state index contributed by atoms with van der Waals surface area (Å²) in [5, 5.41) is 6.57. The van der Waals surface area contributed by atoms with E-state index in [4.69, 9.17) is 0 Å². The van der Waals surface area contributed by atoms with Gasteiger partial charge in [-0.1, -0.05) is 6.42 Å². The number of aromatic nitrogens is 3. The van der Waals surface area contributed by atoms with E-state index < -0.39 is 15.8 Å². The number of hydrogen-bond acceptors (Lipinski definition) is 4. The summed E-state index contributed by atoms with van der Waals surface area (Å²) < 4.78 is 40.6. The highest BCUT2D eigenvalue weighted by atomic mass is 32.2. The van der Waals surface area contributed by atoms with Gasteiger partial charge in [0.1, 0.15) is 18.0 Å². The van der Waals surface area contributed by atoms with E-state index in [1.54, 1.807) is 6.92 Å².